The van der Waals surface area contributed by atoms with Gasteiger partial charge in [-0.05, 0) is 43.2 Å². The fraction of sp³-hybridized carbons (Fsp3) is 0.214. The van der Waals surface area contributed by atoms with Gasteiger partial charge < -0.3 is 14.8 Å². The fourth-order valence-electron chi connectivity index (χ4n) is 3.84. The molecule has 2 aromatic carbocycles. The Labute approximate surface area is 233 Å². The van der Waals surface area contributed by atoms with Gasteiger partial charge in [0.2, 0.25) is 5.91 Å². The molecule has 39 heavy (non-hydrogen) atoms. The quantitative estimate of drug-likeness (QED) is 0.134. The van der Waals surface area contributed by atoms with E-state index in [4.69, 9.17) is 9.47 Å². The van der Waals surface area contributed by atoms with Gasteiger partial charge in [-0.2, -0.15) is 0 Å². The molecule has 0 spiro atoms. The second kappa shape index (κ2) is 12.7. The number of anilines is 1. The summed E-state index contributed by atoms with van der Waals surface area (Å²) in [4.78, 5) is 25.4. The van der Waals surface area contributed by atoms with Crippen molar-refractivity contribution in [2.24, 2.45) is 0 Å². The third-order valence-electron chi connectivity index (χ3n) is 5.71. The van der Waals surface area contributed by atoms with Crippen LogP contribution in [0.5, 0.6) is 5.75 Å². The number of halogens is 1. The van der Waals surface area contributed by atoms with Crippen LogP contribution in [0.4, 0.5) is 9.39 Å². The summed E-state index contributed by atoms with van der Waals surface area (Å²) in [5, 5.41) is 13.9. The zero-order valence-electron chi connectivity index (χ0n) is 21.7. The van der Waals surface area contributed by atoms with E-state index in [9.17, 15) is 14.0 Å². The number of methoxy groups -OCH3 is 1. The van der Waals surface area contributed by atoms with E-state index in [0.717, 1.165) is 16.9 Å². The SMILES string of the molecule is C=CCn1c(COc2ccc(C)cc2C)nnc1SCC(=O)Nc1scc(-c2ccc(F)cc2)c1C(=O)OC. The number of hydrogen-bond donors (Lipinski definition) is 1. The van der Waals surface area contributed by atoms with Gasteiger partial charge in [0.1, 0.15) is 28.7 Å². The molecule has 4 rings (SSSR count). The molecule has 0 bridgehead atoms. The highest BCUT2D eigenvalue weighted by atomic mass is 32.2. The topological polar surface area (TPSA) is 95.3 Å². The Morgan fingerprint density at radius 1 is 1.18 bits per heavy atom. The highest BCUT2D eigenvalue weighted by Gasteiger charge is 2.23. The molecular formula is C28H27FN4O4S2. The van der Waals surface area contributed by atoms with Crippen LogP contribution in [0.15, 0.2) is 65.7 Å². The summed E-state index contributed by atoms with van der Waals surface area (Å²) in [6.07, 6.45) is 1.72. The van der Waals surface area contributed by atoms with Crippen LogP contribution in [-0.2, 0) is 22.7 Å². The number of carbonyl (C=O) groups excluding carboxylic acids is 2. The van der Waals surface area contributed by atoms with Crippen molar-refractivity contribution in [1.82, 2.24) is 14.8 Å². The summed E-state index contributed by atoms with van der Waals surface area (Å²) >= 11 is 2.40. The first-order valence-electron chi connectivity index (χ1n) is 11.9. The molecule has 11 heteroatoms. The van der Waals surface area contributed by atoms with E-state index in [0.29, 0.717) is 33.7 Å². The third kappa shape index (κ3) is 6.73. The monoisotopic (exact) mass is 566 g/mol. The summed E-state index contributed by atoms with van der Waals surface area (Å²) in [6, 6.07) is 11.7. The Bertz CT molecular complexity index is 1500. The van der Waals surface area contributed by atoms with Crippen molar-refractivity contribution >= 4 is 40.0 Å². The van der Waals surface area contributed by atoms with E-state index in [1.807, 2.05) is 36.6 Å². The molecule has 0 aliphatic carbocycles. The van der Waals surface area contributed by atoms with E-state index in [2.05, 4.69) is 22.1 Å². The highest BCUT2D eigenvalue weighted by molar-refractivity contribution is 7.99. The minimum absolute atomic E-state index is 0.0254. The second-order valence-corrected chi connectivity index (χ2v) is 10.4. The number of carbonyl (C=O) groups is 2. The minimum Gasteiger partial charge on any atom is -0.485 e. The molecule has 0 unspecified atom stereocenters. The second-order valence-electron chi connectivity index (χ2n) is 8.54. The maximum Gasteiger partial charge on any atom is 0.341 e. The van der Waals surface area contributed by atoms with Crippen molar-refractivity contribution in [2.75, 3.05) is 18.2 Å². The Kier molecular flexibility index (Phi) is 9.15. The predicted molar refractivity (Wildman–Crippen MR) is 151 cm³/mol. The van der Waals surface area contributed by atoms with Crippen LogP contribution in [0.1, 0.15) is 27.3 Å². The molecule has 0 atom stereocenters. The lowest BCUT2D eigenvalue weighted by atomic mass is 10.0. The summed E-state index contributed by atoms with van der Waals surface area (Å²) in [6.45, 7) is 8.47. The van der Waals surface area contributed by atoms with Crippen molar-refractivity contribution in [2.45, 2.75) is 32.2 Å². The van der Waals surface area contributed by atoms with Crippen molar-refractivity contribution < 1.29 is 23.5 Å². The normalized spacial score (nSPS) is 10.8. The molecule has 2 heterocycles. The van der Waals surface area contributed by atoms with Gasteiger partial charge in [0.05, 0.1) is 12.9 Å². The molecule has 0 fully saturated rings. The summed E-state index contributed by atoms with van der Waals surface area (Å²) in [5.74, 6) is 0.0742. The fourth-order valence-corrected chi connectivity index (χ4v) is 5.58. The first-order valence-corrected chi connectivity index (χ1v) is 13.8. The molecule has 8 nitrogen and oxygen atoms in total. The van der Waals surface area contributed by atoms with E-state index < -0.39 is 5.97 Å². The number of rotatable bonds is 11. The number of thioether (sulfide) groups is 1. The Morgan fingerprint density at radius 3 is 2.64 bits per heavy atom. The lowest BCUT2D eigenvalue weighted by Crippen LogP contribution is -2.16. The van der Waals surface area contributed by atoms with Crippen molar-refractivity contribution in [3.8, 4) is 16.9 Å². The van der Waals surface area contributed by atoms with Crippen molar-refractivity contribution in [1.29, 1.82) is 0 Å². The zero-order chi connectivity index (χ0) is 27.9. The molecule has 1 N–H and O–H groups in total. The van der Waals surface area contributed by atoms with E-state index >= 15 is 0 Å². The molecule has 0 aliphatic heterocycles. The number of nitrogens with one attached hydrogen (secondary N) is 1. The molecule has 202 valence electrons. The predicted octanol–water partition coefficient (Wildman–Crippen LogP) is 6.04. The summed E-state index contributed by atoms with van der Waals surface area (Å²) in [7, 11) is 1.27. The number of thiophene rings is 1. The van der Waals surface area contributed by atoms with Gasteiger partial charge in [-0.25, -0.2) is 9.18 Å². The molecule has 0 aliphatic rings. The molecule has 0 saturated carbocycles. The number of aryl methyl sites for hydroxylation is 2. The molecule has 2 aromatic heterocycles. The van der Waals surface area contributed by atoms with Gasteiger partial charge in [-0.3, -0.25) is 9.36 Å². The molecule has 4 aromatic rings. The van der Waals surface area contributed by atoms with Gasteiger partial charge in [-0.1, -0.05) is 47.7 Å². The van der Waals surface area contributed by atoms with Crippen LogP contribution in [0, 0.1) is 19.7 Å². The zero-order valence-corrected chi connectivity index (χ0v) is 23.3. The number of allylic oxidation sites excluding steroid dienone is 1. The summed E-state index contributed by atoms with van der Waals surface area (Å²) < 4.78 is 26.1. The maximum absolute atomic E-state index is 13.4. The highest BCUT2D eigenvalue weighted by Crippen LogP contribution is 2.36. The number of nitrogens with zero attached hydrogens (tertiary/aromatic N) is 3. The van der Waals surface area contributed by atoms with Crippen molar-refractivity contribution in [3.63, 3.8) is 0 Å². The van der Waals surface area contributed by atoms with Gasteiger partial charge in [0.15, 0.2) is 11.0 Å². The van der Waals surface area contributed by atoms with Crippen LogP contribution < -0.4 is 10.1 Å². The van der Waals surface area contributed by atoms with Crippen LogP contribution in [0.3, 0.4) is 0 Å². The average Bonchev–Trinajstić information content (AvgIpc) is 3.51. The molecular weight excluding hydrogens is 539 g/mol. The number of benzene rings is 2. The Hall–Kier alpha value is -3.96. The Balaban J connectivity index is 1.45. The first kappa shape index (κ1) is 28.1. The van der Waals surface area contributed by atoms with Crippen LogP contribution in [-0.4, -0.2) is 39.5 Å². The van der Waals surface area contributed by atoms with Crippen LogP contribution in [0.2, 0.25) is 0 Å². The molecule has 0 saturated heterocycles. The standard InChI is InChI=1S/C28H27FN4O4S2/c1-5-12-33-23(14-37-22-11-6-17(2)13-18(22)3)31-32-28(33)39-16-24(34)30-26-25(27(35)36-4)21(15-38-26)19-7-9-20(29)10-8-19/h5-11,13,15H,1,12,14,16H2,2-4H3,(H,30,34). The van der Waals surface area contributed by atoms with Gasteiger partial charge in [-0.15, -0.1) is 28.1 Å². The molecule has 0 radical (unpaired) electrons. The van der Waals surface area contributed by atoms with Gasteiger partial charge >= 0.3 is 5.97 Å². The van der Waals surface area contributed by atoms with Gasteiger partial charge in [0, 0.05) is 17.5 Å². The smallest absolute Gasteiger partial charge is 0.341 e. The largest absolute Gasteiger partial charge is 0.485 e. The lowest BCUT2D eigenvalue weighted by molar-refractivity contribution is -0.113. The number of aromatic nitrogens is 3. The van der Waals surface area contributed by atoms with Crippen molar-refractivity contribution in [3.05, 3.63) is 88.8 Å². The van der Waals surface area contributed by atoms with Crippen LogP contribution in [0.25, 0.3) is 11.1 Å². The Morgan fingerprint density at radius 2 is 1.95 bits per heavy atom. The first-order chi connectivity index (χ1) is 18.8. The third-order valence-corrected chi connectivity index (χ3v) is 7.58. The molecule has 1 amide bonds. The number of esters is 1. The van der Waals surface area contributed by atoms with E-state index in [1.165, 1.54) is 42.3 Å². The van der Waals surface area contributed by atoms with Crippen LogP contribution >= 0.6 is 23.1 Å². The van der Waals surface area contributed by atoms with E-state index in [1.54, 1.807) is 23.6 Å². The number of ether oxygens (including phenoxy) is 2. The minimum atomic E-state index is -0.599. The van der Waals surface area contributed by atoms with E-state index in [-0.39, 0.29) is 29.6 Å². The van der Waals surface area contributed by atoms with Gasteiger partial charge in [0.25, 0.3) is 0 Å². The average molecular weight is 567 g/mol. The lowest BCUT2D eigenvalue weighted by Gasteiger charge is -2.11. The number of hydrogen-bond acceptors (Lipinski definition) is 8. The number of amides is 1. The summed E-state index contributed by atoms with van der Waals surface area (Å²) in [5.41, 5.74) is 3.58. The maximum atomic E-state index is 13.4.